The quantitative estimate of drug-likeness (QED) is 0.862. The summed E-state index contributed by atoms with van der Waals surface area (Å²) in [5, 5.41) is 3.40. The average Bonchev–Trinajstić information content (AvgIpc) is 2.59. The van der Waals surface area contributed by atoms with Crippen molar-refractivity contribution in [2.75, 3.05) is 5.32 Å². The normalized spacial score (nSPS) is 12.7. The maximum absolute atomic E-state index is 11.4. The molecule has 1 aromatic heterocycles. The Labute approximate surface area is 99.6 Å². The Morgan fingerprint density at radius 3 is 2.93 bits per heavy atom. The van der Waals surface area contributed by atoms with E-state index in [4.69, 9.17) is 0 Å². The average molecular weight is 285 g/mol. The third-order valence-corrected chi connectivity index (χ3v) is 3.25. The van der Waals surface area contributed by atoms with Gasteiger partial charge in [0.15, 0.2) is 5.13 Å². The summed E-state index contributed by atoms with van der Waals surface area (Å²) in [6.07, 6.45) is 0. The summed E-state index contributed by atoms with van der Waals surface area (Å²) in [4.78, 5) is 15.5. The molecular formula is C10H9BrN2OS. The monoisotopic (exact) mass is 284 g/mol. The first-order valence-corrected chi connectivity index (χ1v) is 6.20. The second kappa shape index (κ2) is 4.28. The van der Waals surface area contributed by atoms with Crippen LogP contribution < -0.4 is 5.32 Å². The molecule has 1 heterocycles. The van der Waals surface area contributed by atoms with Gasteiger partial charge in [0.1, 0.15) is 0 Å². The summed E-state index contributed by atoms with van der Waals surface area (Å²) in [6, 6.07) is 7.80. The number of amides is 1. The predicted molar refractivity (Wildman–Crippen MR) is 66.6 cm³/mol. The fraction of sp³-hybridized carbons (Fsp3) is 0.200. The number of aromatic nitrogens is 1. The van der Waals surface area contributed by atoms with Gasteiger partial charge in [-0.1, -0.05) is 39.4 Å². The number of hydrogen-bond acceptors (Lipinski definition) is 3. The molecule has 0 radical (unpaired) electrons. The second-order valence-corrected chi connectivity index (χ2v) is 5.50. The van der Waals surface area contributed by atoms with Crippen molar-refractivity contribution in [1.82, 2.24) is 4.98 Å². The van der Waals surface area contributed by atoms with Crippen LogP contribution in [0, 0.1) is 0 Å². The molecule has 78 valence electrons. The summed E-state index contributed by atoms with van der Waals surface area (Å²) >= 11 is 4.69. The smallest absolute Gasteiger partial charge is 0.239 e. The lowest BCUT2D eigenvalue weighted by molar-refractivity contribution is -0.115. The van der Waals surface area contributed by atoms with Crippen LogP contribution in [0.4, 0.5) is 5.13 Å². The van der Waals surface area contributed by atoms with Crippen LogP contribution in [0.15, 0.2) is 24.3 Å². The van der Waals surface area contributed by atoms with E-state index in [9.17, 15) is 4.79 Å². The first-order valence-electron chi connectivity index (χ1n) is 4.47. The molecule has 0 saturated heterocycles. The van der Waals surface area contributed by atoms with Gasteiger partial charge in [-0.3, -0.25) is 4.79 Å². The molecule has 0 fully saturated rings. The predicted octanol–water partition coefficient (Wildman–Crippen LogP) is 3.02. The summed E-state index contributed by atoms with van der Waals surface area (Å²) in [6.45, 7) is 1.78. The molecule has 1 atom stereocenters. The van der Waals surface area contributed by atoms with Crippen LogP contribution in [0.1, 0.15) is 6.92 Å². The molecule has 0 aliphatic heterocycles. The number of halogens is 1. The molecule has 0 aliphatic rings. The number of para-hydroxylation sites is 1. The molecule has 0 aliphatic carbocycles. The number of carbonyl (C=O) groups is 1. The highest BCUT2D eigenvalue weighted by atomic mass is 79.9. The van der Waals surface area contributed by atoms with Gasteiger partial charge in [-0.05, 0) is 19.1 Å². The van der Waals surface area contributed by atoms with E-state index in [-0.39, 0.29) is 10.7 Å². The van der Waals surface area contributed by atoms with Crippen molar-refractivity contribution in [3.05, 3.63) is 24.3 Å². The van der Waals surface area contributed by atoms with Crippen molar-refractivity contribution in [3.8, 4) is 0 Å². The molecule has 0 saturated carbocycles. The van der Waals surface area contributed by atoms with Crippen LogP contribution in [0.5, 0.6) is 0 Å². The van der Waals surface area contributed by atoms with Gasteiger partial charge >= 0.3 is 0 Å². The van der Waals surface area contributed by atoms with E-state index in [0.29, 0.717) is 5.13 Å². The highest BCUT2D eigenvalue weighted by Gasteiger charge is 2.11. The summed E-state index contributed by atoms with van der Waals surface area (Å²) in [5.74, 6) is -0.0749. The Balaban J connectivity index is 2.26. The lowest BCUT2D eigenvalue weighted by atomic mass is 10.3. The molecule has 1 N–H and O–H groups in total. The molecule has 1 aromatic carbocycles. The van der Waals surface area contributed by atoms with E-state index in [1.54, 1.807) is 6.92 Å². The number of carbonyl (C=O) groups excluding carboxylic acids is 1. The zero-order valence-electron chi connectivity index (χ0n) is 8.03. The van der Waals surface area contributed by atoms with Crippen LogP contribution in [0.2, 0.25) is 0 Å². The lowest BCUT2D eigenvalue weighted by Gasteiger charge is -2.01. The molecule has 0 bridgehead atoms. The molecule has 1 unspecified atom stereocenters. The number of fused-ring (bicyclic) bond motifs is 1. The Morgan fingerprint density at radius 2 is 2.27 bits per heavy atom. The Morgan fingerprint density at radius 1 is 1.53 bits per heavy atom. The number of anilines is 1. The maximum Gasteiger partial charge on any atom is 0.239 e. The van der Waals surface area contributed by atoms with E-state index in [0.717, 1.165) is 10.2 Å². The zero-order chi connectivity index (χ0) is 10.8. The van der Waals surface area contributed by atoms with E-state index in [1.165, 1.54) is 11.3 Å². The van der Waals surface area contributed by atoms with Crippen molar-refractivity contribution in [2.45, 2.75) is 11.8 Å². The lowest BCUT2D eigenvalue weighted by Crippen LogP contribution is -2.19. The highest BCUT2D eigenvalue weighted by Crippen LogP contribution is 2.25. The molecule has 3 nitrogen and oxygen atoms in total. The van der Waals surface area contributed by atoms with Crippen LogP contribution in [0.3, 0.4) is 0 Å². The Kier molecular flexibility index (Phi) is 3.02. The van der Waals surface area contributed by atoms with Crippen LogP contribution in [0.25, 0.3) is 10.2 Å². The van der Waals surface area contributed by atoms with Crippen LogP contribution in [-0.2, 0) is 4.79 Å². The van der Waals surface area contributed by atoms with Crippen LogP contribution in [-0.4, -0.2) is 15.7 Å². The standard InChI is InChI=1S/C10H9BrN2OS/c1-6(11)9(14)13-10-12-7-4-2-3-5-8(7)15-10/h2-6H,1H3,(H,12,13,14). The van der Waals surface area contributed by atoms with Gasteiger partial charge in [0.25, 0.3) is 0 Å². The summed E-state index contributed by atoms with van der Waals surface area (Å²) in [5.41, 5.74) is 0.917. The van der Waals surface area contributed by atoms with Crippen molar-refractivity contribution >= 4 is 48.5 Å². The molecule has 2 rings (SSSR count). The molecule has 1 amide bonds. The van der Waals surface area contributed by atoms with Gasteiger partial charge < -0.3 is 5.32 Å². The van der Waals surface area contributed by atoms with Gasteiger partial charge in [0, 0.05) is 0 Å². The van der Waals surface area contributed by atoms with Gasteiger partial charge in [0.2, 0.25) is 5.91 Å². The van der Waals surface area contributed by atoms with Crippen molar-refractivity contribution in [1.29, 1.82) is 0 Å². The fourth-order valence-electron chi connectivity index (χ4n) is 1.13. The molecule has 5 heteroatoms. The number of benzene rings is 1. The van der Waals surface area contributed by atoms with E-state index in [1.807, 2.05) is 24.3 Å². The van der Waals surface area contributed by atoms with Gasteiger partial charge in [-0.15, -0.1) is 0 Å². The first-order chi connectivity index (χ1) is 7.16. The third kappa shape index (κ3) is 2.35. The van der Waals surface area contributed by atoms with Gasteiger partial charge in [-0.25, -0.2) is 4.98 Å². The largest absolute Gasteiger partial charge is 0.301 e. The number of thiazole rings is 1. The molecular weight excluding hydrogens is 276 g/mol. The Bertz CT molecular complexity index is 462. The molecule has 15 heavy (non-hydrogen) atoms. The topological polar surface area (TPSA) is 42.0 Å². The van der Waals surface area contributed by atoms with E-state index >= 15 is 0 Å². The third-order valence-electron chi connectivity index (χ3n) is 1.89. The number of nitrogens with zero attached hydrogens (tertiary/aromatic N) is 1. The highest BCUT2D eigenvalue weighted by molar-refractivity contribution is 9.10. The number of rotatable bonds is 2. The minimum Gasteiger partial charge on any atom is -0.301 e. The van der Waals surface area contributed by atoms with Crippen molar-refractivity contribution in [3.63, 3.8) is 0 Å². The van der Waals surface area contributed by atoms with Crippen molar-refractivity contribution < 1.29 is 4.79 Å². The minimum atomic E-state index is -0.204. The molecule has 2 aromatic rings. The number of alkyl halides is 1. The Hall–Kier alpha value is -0.940. The number of hydrogen-bond donors (Lipinski definition) is 1. The maximum atomic E-state index is 11.4. The van der Waals surface area contributed by atoms with Gasteiger partial charge in [0.05, 0.1) is 15.0 Å². The van der Waals surface area contributed by atoms with E-state index < -0.39 is 0 Å². The minimum absolute atomic E-state index is 0.0749. The second-order valence-electron chi connectivity index (χ2n) is 3.09. The summed E-state index contributed by atoms with van der Waals surface area (Å²) in [7, 11) is 0. The first kappa shape index (κ1) is 10.6. The molecule has 0 spiro atoms. The van der Waals surface area contributed by atoms with Gasteiger partial charge in [-0.2, -0.15) is 0 Å². The zero-order valence-corrected chi connectivity index (χ0v) is 10.4. The SMILES string of the molecule is CC(Br)C(=O)Nc1nc2ccccc2s1. The van der Waals surface area contributed by atoms with Crippen molar-refractivity contribution in [2.24, 2.45) is 0 Å². The fourth-order valence-corrected chi connectivity index (χ4v) is 2.11. The summed E-state index contributed by atoms with van der Waals surface area (Å²) < 4.78 is 1.08. The number of nitrogens with one attached hydrogen (secondary N) is 1. The van der Waals surface area contributed by atoms with E-state index in [2.05, 4.69) is 26.2 Å². The van der Waals surface area contributed by atoms with Crippen LogP contribution >= 0.6 is 27.3 Å².